The third-order valence-electron chi connectivity index (χ3n) is 3.54. The van der Waals surface area contributed by atoms with Gasteiger partial charge in [0, 0.05) is 0 Å². The molecule has 1 aromatic heterocycles. The number of aliphatic carboxylic acids is 1. The standard InChI is InChI=1S/C17H19F2NO3/c1-2-3-7-14(17(21)22)20-10-11-8-9-15(23-11)16-12(18)5-4-6-13(16)19/h4-6,8-9,14,20H,2-3,7,10H2,1H3,(H,21,22). The maximum Gasteiger partial charge on any atom is 0.320 e. The Morgan fingerprint density at radius 2 is 1.96 bits per heavy atom. The lowest BCUT2D eigenvalue weighted by atomic mass is 10.1. The number of unbranched alkanes of at least 4 members (excludes halogenated alkanes) is 1. The van der Waals surface area contributed by atoms with Crippen LogP contribution in [0, 0.1) is 11.6 Å². The Morgan fingerprint density at radius 3 is 2.57 bits per heavy atom. The summed E-state index contributed by atoms with van der Waals surface area (Å²) in [5.74, 6) is -1.83. The molecule has 0 amide bonds. The molecule has 1 aromatic carbocycles. The summed E-state index contributed by atoms with van der Waals surface area (Å²) in [4.78, 5) is 11.2. The average Bonchev–Trinajstić information content (AvgIpc) is 2.95. The van der Waals surface area contributed by atoms with E-state index in [0.717, 1.165) is 25.0 Å². The highest BCUT2D eigenvalue weighted by molar-refractivity contribution is 5.73. The second kappa shape index (κ2) is 7.87. The number of carbonyl (C=O) groups is 1. The molecule has 23 heavy (non-hydrogen) atoms. The van der Waals surface area contributed by atoms with Gasteiger partial charge < -0.3 is 9.52 Å². The Bertz CT molecular complexity index is 649. The smallest absolute Gasteiger partial charge is 0.320 e. The predicted molar refractivity (Wildman–Crippen MR) is 81.8 cm³/mol. The zero-order chi connectivity index (χ0) is 16.8. The van der Waals surface area contributed by atoms with Gasteiger partial charge in [-0.1, -0.05) is 25.8 Å². The molecule has 4 nitrogen and oxygen atoms in total. The van der Waals surface area contributed by atoms with E-state index in [9.17, 15) is 13.6 Å². The molecule has 1 unspecified atom stereocenters. The molecule has 2 rings (SSSR count). The molecule has 1 atom stereocenters. The number of hydrogen-bond acceptors (Lipinski definition) is 3. The van der Waals surface area contributed by atoms with Crippen LogP contribution in [0.1, 0.15) is 31.9 Å². The van der Waals surface area contributed by atoms with Gasteiger partial charge in [0.1, 0.15) is 29.2 Å². The van der Waals surface area contributed by atoms with Crippen LogP contribution in [0.4, 0.5) is 8.78 Å². The van der Waals surface area contributed by atoms with Crippen molar-refractivity contribution in [3.8, 4) is 11.3 Å². The zero-order valence-corrected chi connectivity index (χ0v) is 12.8. The molecule has 6 heteroatoms. The second-order valence-electron chi connectivity index (χ2n) is 5.28. The Kier molecular flexibility index (Phi) is 5.87. The molecular formula is C17H19F2NO3. The van der Waals surface area contributed by atoms with Gasteiger partial charge in [-0.3, -0.25) is 10.1 Å². The van der Waals surface area contributed by atoms with Gasteiger partial charge in [-0.25, -0.2) is 8.78 Å². The SMILES string of the molecule is CCCCC(NCc1ccc(-c2c(F)cccc2F)o1)C(=O)O. The van der Waals surface area contributed by atoms with Crippen LogP contribution in [0.5, 0.6) is 0 Å². The van der Waals surface area contributed by atoms with Crippen molar-refractivity contribution in [3.05, 3.63) is 47.7 Å². The molecule has 2 aromatic rings. The van der Waals surface area contributed by atoms with Crippen molar-refractivity contribution in [2.75, 3.05) is 0 Å². The fraction of sp³-hybridized carbons (Fsp3) is 0.353. The molecule has 124 valence electrons. The van der Waals surface area contributed by atoms with Crippen molar-refractivity contribution in [1.29, 1.82) is 0 Å². The number of benzene rings is 1. The normalized spacial score (nSPS) is 12.3. The van der Waals surface area contributed by atoms with Gasteiger partial charge in [-0.05, 0) is 30.7 Å². The molecule has 2 N–H and O–H groups in total. The third-order valence-corrected chi connectivity index (χ3v) is 3.54. The number of carboxylic acids is 1. The van der Waals surface area contributed by atoms with Crippen LogP contribution < -0.4 is 5.32 Å². The first-order valence-electron chi connectivity index (χ1n) is 7.52. The zero-order valence-electron chi connectivity index (χ0n) is 12.8. The number of rotatable bonds is 8. The maximum absolute atomic E-state index is 13.7. The number of furan rings is 1. The van der Waals surface area contributed by atoms with Crippen molar-refractivity contribution in [3.63, 3.8) is 0 Å². The number of halogens is 2. The largest absolute Gasteiger partial charge is 0.480 e. The molecule has 0 fully saturated rings. The molecule has 0 radical (unpaired) electrons. The van der Waals surface area contributed by atoms with Crippen molar-refractivity contribution in [2.24, 2.45) is 0 Å². The van der Waals surface area contributed by atoms with Crippen LogP contribution in [0.3, 0.4) is 0 Å². The van der Waals surface area contributed by atoms with Crippen molar-refractivity contribution in [1.82, 2.24) is 5.32 Å². The van der Waals surface area contributed by atoms with E-state index < -0.39 is 23.6 Å². The Labute approximate surface area is 133 Å². The molecule has 1 heterocycles. The van der Waals surface area contributed by atoms with Gasteiger partial charge in [0.15, 0.2) is 0 Å². The first kappa shape index (κ1) is 17.1. The first-order valence-corrected chi connectivity index (χ1v) is 7.52. The summed E-state index contributed by atoms with van der Waals surface area (Å²) in [5.41, 5.74) is -0.223. The van der Waals surface area contributed by atoms with Crippen LogP contribution in [-0.2, 0) is 11.3 Å². The van der Waals surface area contributed by atoms with Gasteiger partial charge in [-0.2, -0.15) is 0 Å². The highest BCUT2D eigenvalue weighted by atomic mass is 19.1. The summed E-state index contributed by atoms with van der Waals surface area (Å²) < 4.78 is 32.9. The molecule has 0 aliphatic rings. The van der Waals surface area contributed by atoms with Crippen LogP contribution in [0.15, 0.2) is 34.7 Å². The Balaban J connectivity index is 2.06. The fourth-order valence-electron chi connectivity index (χ4n) is 2.29. The summed E-state index contributed by atoms with van der Waals surface area (Å²) in [6.45, 7) is 2.16. The molecule has 0 aliphatic carbocycles. The van der Waals surface area contributed by atoms with E-state index in [-0.39, 0.29) is 17.9 Å². The average molecular weight is 323 g/mol. The molecule has 0 spiro atoms. The van der Waals surface area contributed by atoms with E-state index in [2.05, 4.69) is 5.32 Å². The Morgan fingerprint density at radius 1 is 1.26 bits per heavy atom. The van der Waals surface area contributed by atoms with Crippen molar-refractivity contribution >= 4 is 5.97 Å². The molecule has 0 aliphatic heterocycles. The first-order chi connectivity index (χ1) is 11.0. The van der Waals surface area contributed by atoms with Crippen LogP contribution in [0.25, 0.3) is 11.3 Å². The monoisotopic (exact) mass is 323 g/mol. The summed E-state index contributed by atoms with van der Waals surface area (Å²) in [6.07, 6.45) is 2.22. The van der Waals surface area contributed by atoms with Gasteiger partial charge in [-0.15, -0.1) is 0 Å². The molecular weight excluding hydrogens is 304 g/mol. The maximum atomic E-state index is 13.7. The van der Waals surface area contributed by atoms with Gasteiger partial charge in [0.2, 0.25) is 0 Å². The molecule has 0 saturated heterocycles. The predicted octanol–water partition coefficient (Wildman–Crippen LogP) is 3.96. The topological polar surface area (TPSA) is 62.5 Å². The second-order valence-corrected chi connectivity index (χ2v) is 5.28. The van der Waals surface area contributed by atoms with E-state index in [4.69, 9.17) is 9.52 Å². The van der Waals surface area contributed by atoms with Crippen LogP contribution >= 0.6 is 0 Å². The van der Waals surface area contributed by atoms with Crippen molar-refractivity contribution in [2.45, 2.75) is 38.8 Å². The summed E-state index contributed by atoms with van der Waals surface area (Å²) in [6, 6.07) is 5.97. The minimum absolute atomic E-state index is 0.0813. The minimum atomic E-state index is -0.926. The summed E-state index contributed by atoms with van der Waals surface area (Å²) in [5, 5.41) is 12.0. The summed E-state index contributed by atoms with van der Waals surface area (Å²) in [7, 11) is 0. The highest BCUT2D eigenvalue weighted by Gasteiger charge is 2.18. The van der Waals surface area contributed by atoms with E-state index in [1.165, 1.54) is 12.1 Å². The lowest BCUT2D eigenvalue weighted by Crippen LogP contribution is -2.36. The van der Waals surface area contributed by atoms with E-state index in [1.807, 2.05) is 6.92 Å². The number of carboxylic acid groups (broad SMARTS) is 1. The van der Waals surface area contributed by atoms with Crippen LogP contribution in [0.2, 0.25) is 0 Å². The lowest BCUT2D eigenvalue weighted by Gasteiger charge is -2.12. The van der Waals surface area contributed by atoms with Gasteiger partial charge >= 0.3 is 5.97 Å². The van der Waals surface area contributed by atoms with Crippen LogP contribution in [-0.4, -0.2) is 17.1 Å². The molecule has 0 saturated carbocycles. The number of hydrogen-bond donors (Lipinski definition) is 2. The lowest BCUT2D eigenvalue weighted by molar-refractivity contribution is -0.139. The van der Waals surface area contributed by atoms with Gasteiger partial charge in [0.05, 0.1) is 12.1 Å². The minimum Gasteiger partial charge on any atom is -0.480 e. The van der Waals surface area contributed by atoms with E-state index >= 15 is 0 Å². The quantitative estimate of drug-likeness (QED) is 0.772. The van der Waals surface area contributed by atoms with E-state index in [1.54, 1.807) is 6.07 Å². The van der Waals surface area contributed by atoms with Crippen molar-refractivity contribution < 1.29 is 23.1 Å². The fourth-order valence-corrected chi connectivity index (χ4v) is 2.29. The Hall–Kier alpha value is -2.21. The summed E-state index contributed by atoms with van der Waals surface area (Å²) >= 11 is 0. The van der Waals surface area contributed by atoms with Gasteiger partial charge in [0.25, 0.3) is 0 Å². The molecule has 0 bridgehead atoms. The highest BCUT2D eigenvalue weighted by Crippen LogP contribution is 2.27. The number of nitrogens with one attached hydrogen (secondary N) is 1. The van der Waals surface area contributed by atoms with E-state index in [0.29, 0.717) is 12.2 Å². The third kappa shape index (κ3) is 4.39.